The van der Waals surface area contributed by atoms with Gasteiger partial charge in [0.2, 0.25) is 0 Å². The van der Waals surface area contributed by atoms with Crippen molar-refractivity contribution < 1.29 is 0 Å². The second-order valence-corrected chi connectivity index (χ2v) is 3.94. The average molecular weight is 232 g/mol. The molecule has 1 aromatic carbocycles. The molecule has 1 heterocycles. The third-order valence-corrected chi connectivity index (χ3v) is 2.64. The molecule has 6 heteroatoms. The van der Waals surface area contributed by atoms with Gasteiger partial charge in [-0.1, -0.05) is 23.4 Å². The second-order valence-electron chi connectivity index (χ2n) is 3.94. The van der Waals surface area contributed by atoms with Crippen LogP contribution in [0.25, 0.3) is 0 Å². The zero-order valence-electron chi connectivity index (χ0n) is 9.67. The molecule has 2 rings (SSSR count). The largest absolute Gasteiger partial charge is 0.398 e. The number of para-hydroxylation sites is 1. The van der Waals surface area contributed by atoms with Crippen LogP contribution in [0.1, 0.15) is 17.3 Å². The Labute approximate surface area is 99.6 Å². The molecule has 0 aliphatic rings. The van der Waals surface area contributed by atoms with Crippen molar-refractivity contribution in [2.45, 2.75) is 12.5 Å². The first-order valence-electron chi connectivity index (χ1n) is 5.36. The number of hydrogen-bond acceptors (Lipinski definition) is 5. The van der Waals surface area contributed by atoms with E-state index in [-0.39, 0.29) is 6.04 Å². The van der Waals surface area contributed by atoms with Gasteiger partial charge in [-0.15, -0.1) is 5.10 Å². The third-order valence-electron chi connectivity index (χ3n) is 2.64. The normalized spacial score (nSPS) is 12.6. The van der Waals surface area contributed by atoms with E-state index in [0.717, 1.165) is 16.9 Å². The average Bonchev–Trinajstić information content (AvgIpc) is 2.73. The molecular weight excluding hydrogens is 216 g/mol. The lowest BCUT2D eigenvalue weighted by molar-refractivity contribution is 0.547. The number of anilines is 1. The smallest absolute Gasteiger partial charge is 0.0846 e. The number of nitrogens with zero attached hydrogens (tertiary/aromatic N) is 3. The maximum atomic E-state index is 5.92. The van der Waals surface area contributed by atoms with Crippen molar-refractivity contribution in [3.05, 3.63) is 41.7 Å². The van der Waals surface area contributed by atoms with Crippen LogP contribution < -0.4 is 17.0 Å². The van der Waals surface area contributed by atoms with Gasteiger partial charge in [0, 0.05) is 25.4 Å². The maximum Gasteiger partial charge on any atom is 0.0846 e. The highest BCUT2D eigenvalue weighted by Crippen LogP contribution is 2.22. The summed E-state index contributed by atoms with van der Waals surface area (Å²) in [7, 11) is 1.83. The van der Waals surface area contributed by atoms with Gasteiger partial charge in [0.15, 0.2) is 0 Å². The van der Waals surface area contributed by atoms with Gasteiger partial charge in [0.1, 0.15) is 0 Å². The molecule has 1 aromatic heterocycles. The van der Waals surface area contributed by atoms with Gasteiger partial charge in [-0.05, 0) is 11.6 Å². The number of benzene rings is 1. The molecular formula is C11H16N6. The van der Waals surface area contributed by atoms with Crippen LogP contribution in [0, 0.1) is 0 Å². The Bertz CT molecular complexity index is 492. The first-order valence-corrected chi connectivity index (χ1v) is 5.36. The molecule has 17 heavy (non-hydrogen) atoms. The van der Waals surface area contributed by atoms with Gasteiger partial charge in [-0.3, -0.25) is 16.0 Å². The fraction of sp³-hybridized carbons (Fsp3) is 0.273. The van der Waals surface area contributed by atoms with Gasteiger partial charge in [-0.25, -0.2) is 0 Å². The molecule has 2 aromatic rings. The molecule has 1 unspecified atom stereocenters. The van der Waals surface area contributed by atoms with Crippen LogP contribution in [0.4, 0.5) is 5.69 Å². The first-order chi connectivity index (χ1) is 8.20. The standard InChI is InChI=1S/C11H16N6/c1-17-7-8(15-16-17)6-11(14-13)9-4-2-3-5-10(9)12/h2-5,7,11,14H,6,12-13H2,1H3. The fourth-order valence-electron chi connectivity index (χ4n) is 1.78. The van der Waals surface area contributed by atoms with Crippen molar-refractivity contribution in [2.75, 3.05) is 5.73 Å². The number of hydrogen-bond donors (Lipinski definition) is 3. The summed E-state index contributed by atoms with van der Waals surface area (Å²) in [6.45, 7) is 0. The lowest BCUT2D eigenvalue weighted by atomic mass is 10.0. The summed E-state index contributed by atoms with van der Waals surface area (Å²) < 4.78 is 1.66. The molecule has 0 spiro atoms. The molecule has 6 nitrogen and oxygen atoms in total. The molecule has 0 saturated heterocycles. The zero-order chi connectivity index (χ0) is 12.3. The van der Waals surface area contributed by atoms with Gasteiger partial charge < -0.3 is 5.73 Å². The third kappa shape index (κ3) is 2.61. The molecule has 0 aliphatic carbocycles. The lowest BCUT2D eigenvalue weighted by Crippen LogP contribution is -2.30. The number of nitrogen functional groups attached to an aromatic ring is 1. The molecule has 5 N–H and O–H groups in total. The van der Waals surface area contributed by atoms with E-state index in [9.17, 15) is 0 Å². The molecule has 0 fully saturated rings. The summed E-state index contributed by atoms with van der Waals surface area (Å²) in [6, 6.07) is 7.58. The number of nitrogens with one attached hydrogen (secondary N) is 1. The van der Waals surface area contributed by atoms with Crippen LogP contribution in [0.3, 0.4) is 0 Å². The Kier molecular flexibility index (Phi) is 3.36. The summed E-state index contributed by atoms with van der Waals surface area (Å²) >= 11 is 0. The van der Waals surface area contributed by atoms with E-state index in [0.29, 0.717) is 6.42 Å². The van der Waals surface area contributed by atoms with Crippen LogP contribution in [0.5, 0.6) is 0 Å². The second kappa shape index (κ2) is 4.94. The molecule has 0 saturated carbocycles. The summed E-state index contributed by atoms with van der Waals surface area (Å²) in [5.41, 5.74) is 11.2. The van der Waals surface area contributed by atoms with E-state index >= 15 is 0 Å². The van der Waals surface area contributed by atoms with Crippen molar-refractivity contribution in [3.63, 3.8) is 0 Å². The van der Waals surface area contributed by atoms with Crippen molar-refractivity contribution in [3.8, 4) is 0 Å². The van der Waals surface area contributed by atoms with Gasteiger partial charge in [0.05, 0.1) is 11.7 Å². The Morgan fingerprint density at radius 3 is 2.76 bits per heavy atom. The van der Waals surface area contributed by atoms with Crippen LogP contribution in [0.15, 0.2) is 30.5 Å². The van der Waals surface area contributed by atoms with Crippen molar-refractivity contribution in [2.24, 2.45) is 12.9 Å². The number of aromatic nitrogens is 3. The van der Waals surface area contributed by atoms with E-state index in [1.165, 1.54) is 0 Å². The molecule has 0 bridgehead atoms. The minimum absolute atomic E-state index is 0.0621. The predicted octanol–water partition coefficient (Wildman–Crippen LogP) is 0.144. The molecule has 90 valence electrons. The number of rotatable bonds is 4. The highest BCUT2D eigenvalue weighted by molar-refractivity contribution is 5.48. The Morgan fingerprint density at radius 1 is 1.41 bits per heavy atom. The van der Waals surface area contributed by atoms with E-state index < -0.39 is 0 Å². The van der Waals surface area contributed by atoms with Crippen LogP contribution in [-0.4, -0.2) is 15.0 Å². The highest BCUT2D eigenvalue weighted by atomic mass is 15.4. The topological polar surface area (TPSA) is 94.8 Å². The fourth-order valence-corrected chi connectivity index (χ4v) is 1.78. The van der Waals surface area contributed by atoms with Gasteiger partial charge >= 0.3 is 0 Å². The van der Waals surface area contributed by atoms with Crippen molar-refractivity contribution >= 4 is 5.69 Å². The molecule has 0 radical (unpaired) electrons. The Morgan fingerprint density at radius 2 is 2.18 bits per heavy atom. The van der Waals surface area contributed by atoms with Crippen molar-refractivity contribution in [1.29, 1.82) is 0 Å². The predicted molar refractivity (Wildman–Crippen MR) is 65.6 cm³/mol. The van der Waals surface area contributed by atoms with E-state index in [4.69, 9.17) is 11.6 Å². The van der Waals surface area contributed by atoms with Gasteiger partial charge in [-0.2, -0.15) is 0 Å². The van der Waals surface area contributed by atoms with E-state index in [1.807, 2.05) is 37.5 Å². The van der Waals surface area contributed by atoms with Crippen LogP contribution >= 0.6 is 0 Å². The number of nitrogens with two attached hydrogens (primary N) is 2. The SMILES string of the molecule is Cn1cc(CC(NN)c2ccccc2N)nn1. The van der Waals surface area contributed by atoms with Crippen molar-refractivity contribution in [1.82, 2.24) is 20.4 Å². The lowest BCUT2D eigenvalue weighted by Gasteiger charge is -2.16. The minimum atomic E-state index is -0.0621. The van der Waals surface area contributed by atoms with E-state index in [2.05, 4.69) is 15.7 Å². The molecule has 0 aliphatic heterocycles. The number of hydrazine groups is 1. The Balaban J connectivity index is 2.20. The summed E-state index contributed by atoms with van der Waals surface area (Å²) in [6.07, 6.45) is 2.52. The van der Waals surface area contributed by atoms with Crippen LogP contribution in [0.2, 0.25) is 0 Å². The first kappa shape index (κ1) is 11.6. The summed E-state index contributed by atoms with van der Waals surface area (Å²) in [4.78, 5) is 0. The highest BCUT2D eigenvalue weighted by Gasteiger charge is 2.14. The molecule has 1 atom stereocenters. The zero-order valence-corrected chi connectivity index (χ0v) is 9.67. The quantitative estimate of drug-likeness (QED) is 0.396. The monoisotopic (exact) mass is 232 g/mol. The maximum absolute atomic E-state index is 5.92. The number of aryl methyl sites for hydroxylation is 1. The van der Waals surface area contributed by atoms with Crippen LogP contribution in [-0.2, 0) is 13.5 Å². The van der Waals surface area contributed by atoms with E-state index in [1.54, 1.807) is 4.68 Å². The Hall–Kier alpha value is -1.92. The minimum Gasteiger partial charge on any atom is -0.398 e. The summed E-state index contributed by atoms with van der Waals surface area (Å²) in [5.74, 6) is 5.57. The van der Waals surface area contributed by atoms with Gasteiger partial charge in [0.25, 0.3) is 0 Å². The molecule has 0 amide bonds. The summed E-state index contributed by atoms with van der Waals surface area (Å²) in [5, 5.41) is 7.92.